The Morgan fingerprint density at radius 2 is 1.94 bits per heavy atom. The van der Waals surface area contributed by atoms with Crippen LogP contribution in [0.5, 0.6) is 5.88 Å². The molecule has 0 amide bonds. The highest BCUT2D eigenvalue weighted by molar-refractivity contribution is 6.09. The molecule has 0 unspecified atom stereocenters. The van der Waals surface area contributed by atoms with Crippen molar-refractivity contribution in [3.63, 3.8) is 0 Å². The Balaban J connectivity index is 2.52. The van der Waals surface area contributed by atoms with E-state index >= 15 is 0 Å². The van der Waals surface area contributed by atoms with E-state index in [1.165, 1.54) is 31.6 Å². The van der Waals surface area contributed by atoms with Gasteiger partial charge in [0.2, 0.25) is 11.7 Å². The summed E-state index contributed by atoms with van der Waals surface area (Å²) in [5, 5.41) is 0. The van der Waals surface area contributed by atoms with Crippen LogP contribution in [0.25, 0.3) is 0 Å². The maximum Gasteiger partial charge on any atom is 0.243 e. The Hall–Kier alpha value is -2.37. The SMILES string of the molecule is COc1nccnc1C(=O)c1cccc(F)c1F. The second-order valence-corrected chi connectivity index (χ2v) is 3.34. The first-order valence-corrected chi connectivity index (χ1v) is 4.99. The fourth-order valence-electron chi connectivity index (χ4n) is 1.44. The molecule has 0 saturated carbocycles. The molecule has 0 aliphatic rings. The van der Waals surface area contributed by atoms with Crippen molar-refractivity contribution in [3.05, 3.63) is 53.5 Å². The van der Waals surface area contributed by atoms with Crippen molar-refractivity contribution in [2.75, 3.05) is 7.11 Å². The lowest BCUT2D eigenvalue weighted by molar-refractivity contribution is 0.102. The summed E-state index contributed by atoms with van der Waals surface area (Å²) in [6.07, 6.45) is 2.60. The first-order valence-electron chi connectivity index (χ1n) is 4.99. The number of halogens is 2. The molecule has 1 aromatic carbocycles. The Bertz CT molecular complexity index is 602. The zero-order valence-corrected chi connectivity index (χ0v) is 9.35. The monoisotopic (exact) mass is 250 g/mol. The van der Waals surface area contributed by atoms with Crippen molar-refractivity contribution < 1.29 is 18.3 Å². The topological polar surface area (TPSA) is 52.1 Å². The summed E-state index contributed by atoms with van der Waals surface area (Å²) in [4.78, 5) is 19.6. The normalized spacial score (nSPS) is 10.2. The number of ketones is 1. The van der Waals surface area contributed by atoms with E-state index in [4.69, 9.17) is 4.74 Å². The van der Waals surface area contributed by atoms with E-state index in [-0.39, 0.29) is 11.6 Å². The van der Waals surface area contributed by atoms with E-state index in [1.807, 2.05) is 0 Å². The second-order valence-electron chi connectivity index (χ2n) is 3.34. The molecule has 0 aliphatic heterocycles. The molecule has 4 nitrogen and oxygen atoms in total. The zero-order chi connectivity index (χ0) is 13.1. The number of ether oxygens (including phenoxy) is 1. The van der Waals surface area contributed by atoms with Gasteiger partial charge >= 0.3 is 0 Å². The molecule has 0 fully saturated rings. The Labute approximate surface area is 101 Å². The number of benzene rings is 1. The van der Waals surface area contributed by atoms with Crippen molar-refractivity contribution in [2.24, 2.45) is 0 Å². The second kappa shape index (κ2) is 4.87. The number of methoxy groups -OCH3 is 1. The molecule has 1 heterocycles. The fourth-order valence-corrected chi connectivity index (χ4v) is 1.44. The van der Waals surface area contributed by atoms with Gasteiger partial charge in [-0.15, -0.1) is 0 Å². The highest BCUT2D eigenvalue weighted by Crippen LogP contribution is 2.19. The van der Waals surface area contributed by atoms with Crippen LogP contribution >= 0.6 is 0 Å². The van der Waals surface area contributed by atoms with Crippen LogP contribution < -0.4 is 4.74 Å². The van der Waals surface area contributed by atoms with Gasteiger partial charge in [-0.2, -0.15) is 0 Å². The number of hydrogen-bond donors (Lipinski definition) is 0. The number of carbonyl (C=O) groups excluding carboxylic acids is 1. The molecule has 0 atom stereocenters. The van der Waals surface area contributed by atoms with E-state index in [2.05, 4.69) is 9.97 Å². The van der Waals surface area contributed by atoms with Crippen LogP contribution in [-0.4, -0.2) is 22.9 Å². The summed E-state index contributed by atoms with van der Waals surface area (Å²) in [7, 11) is 1.31. The minimum Gasteiger partial charge on any atom is -0.479 e. The predicted molar refractivity (Wildman–Crippen MR) is 58.4 cm³/mol. The van der Waals surface area contributed by atoms with Crippen LogP contribution in [0.2, 0.25) is 0 Å². The summed E-state index contributed by atoms with van der Waals surface area (Å²) >= 11 is 0. The molecule has 0 aliphatic carbocycles. The van der Waals surface area contributed by atoms with E-state index in [1.54, 1.807) is 0 Å². The Kier molecular flexibility index (Phi) is 3.27. The maximum atomic E-state index is 13.5. The molecule has 0 bridgehead atoms. The highest BCUT2D eigenvalue weighted by atomic mass is 19.2. The molecule has 2 aromatic rings. The quantitative estimate of drug-likeness (QED) is 0.782. The van der Waals surface area contributed by atoms with Gasteiger partial charge in [0.05, 0.1) is 12.7 Å². The summed E-state index contributed by atoms with van der Waals surface area (Å²) in [5.41, 5.74) is -0.571. The number of nitrogens with zero attached hydrogens (tertiary/aromatic N) is 2. The molecule has 2 rings (SSSR count). The number of rotatable bonds is 3. The largest absolute Gasteiger partial charge is 0.479 e. The molecule has 18 heavy (non-hydrogen) atoms. The van der Waals surface area contributed by atoms with Gasteiger partial charge in [0, 0.05) is 12.4 Å². The zero-order valence-electron chi connectivity index (χ0n) is 9.35. The van der Waals surface area contributed by atoms with Gasteiger partial charge < -0.3 is 4.74 Å². The standard InChI is InChI=1S/C12H8F2N2O2/c1-18-12-10(15-5-6-16-12)11(17)7-3-2-4-8(13)9(7)14/h2-6H,1H3. The third-order valence-corrected chi connectivity index (χ3v) is 2.27. The smallest absolute Gasteiger partial charge is 0.243 e. The molecular weight excluding hydrogens is 242 g/mol. The number of aromatic nitrogens is 2. The van der Waals surface area contributed by atoms with E-state index in [0.29, 0.717) is 0 Å². The minimum absolute atomic E-state index is 0.0360. The number of carbonyl (C=O) groups is 1. The summed E-state index contributed by atoms with van der Waals surface area (Å²) in [5.74, 6) is -3.12. The molecule has 0 saturated heterocycles. The fraction of sp³-hybridized carbons (Fsp3) is 0.0833. The van der Waals surface area contributed by atoms with Crippen LogP contribution in [0.15, 0.2) is 30.6 Å². The van der Waals surface area contributed by atoms with Crippen LogP contribution in [-0.2, 0) is 0 Å². The van der Waals surface area contributed by atoms with Crippen LogP contribution in [0.4, 0.5) is 8.78 Å². The number of hydrogen-bond acceptors (Lipinski definition) is 4. The Morgan fingerprint density at radius 1 is 1.22 bits per heavy atom. The third-order valence-electron chi connectivity index (χ3n) is 2.27. The summed E-state index contributed by atoms with van der Waals surface area (Å²) in [6.45, 7) is 0. The summed E-state index contributed by atoms with van der Waals surface area (Å²) in [6, 6.07) is 3.35. The average molecular weight is 250 g/mol. The average Bonchev–Trinajstić information content (AvgIpc) is 2.41. The highest BCUT2D eigenvalue weighted by Gasteiger charge is 2.21. The first-order chi connectivity index (χ1) is 8.65. The van der Waals surface area contributed by atoms with Gasteiger partial charge in [0.15, 0.2) is 17.3 Å². The first kappa shape index (κ1) is 12.1. The predicted octanol–water partition coefficient (Wildman–Crippen LogP) is 1.99. The van der Waals surface area contributed by atoms with Crippen molar-refractivity contribution in [3.8, 4) is 5.88 Å². The van der Waals surface area contributed by atoms with Crippen molar-refractivity contribution in [1.82, 2.24) is 9.97 Å². The van der Waals surface area contributed by atoms with E-state index < -0.39 is 23.0 Å². The van der Waals surface area contributed by atoms with Crippen LogP contribution in [0.3, 0.4) is 0 Å². The molecule has 0 radical (unpaired) electrons. The van der Waals surface area contributed by atoms with E-state index in [9.17, 15) is 13.6 Å². The van der Waals surface area contributed by atoms with Crippen molar-refractivity contribution >= 4 is 5.78 Å². The van der Waals surface area contributed by atoms with Gasteiger partial charge in [0.25, 0.3) is 0 Å². The third kappa shape index (κ3) is 2.04. The molecule has 1 aromatic heterocycles. The molecule has 0 spiro atoms. The molecule has 0 N–H and O–H groups in total. The van der Waals surface area contributed by atoms with Crippen molar-refractivity contribution in [1.29, 1.82) is 0 Å². The minimum atomic E-state index is -1.21. The van der Waals surface area contributed by atoms with Gasteiger partial charge in [0.1, 0.15) is 0 Å². The molecular formula is C12H8F2N2O2. The van der Waals surface area contributed by atoms with Gasteiger partial charge in [-0.3, -0.25) is 4.79 Å². The lowest BCUT2D eigenvalue weighted by Crippen LogP contribution is -2.10. The van der Waals surface area contributed by atoms with Crippen LogP contribution in [0, 0.1) is 11.6 Å². The molecule has 6 heteroatoms. The van der Waals surface area contributed by atoms with Gasteiger partial charge in [-0.05, 0) is 12.1 Å². The molecule has 92 valence electrons. The van der Waals surface area contributed by atoms with Crippen molar-refractivity contribution in [2.45, 2.75) is 0 Å². The Morgan fingerprint density at radius 3 is 2.67 bits per heavy atom. The van der Waals surface area contributed by atoms with E-state index in [0.717, 1.165) is 6.07 Å². The van der Waals surface area contributed by atoms with Gasteiger partial charge in [-0.1, -0.05) is 6.07 Å². The lowest BCUT2D eigenvalue weighted by Gasteiger charge is -2.05. The lowest BCUT2D eigenvalue weighted by atomic mass is 10.1. The van der Waals surface area contributed by atoms with Crippen LogP contribution in [0.1, 0.15) is 16.1 Å². The van der Waals surface area contributed by atoms with Gasteiger partial charge in [-0.25, -0.2) is 18.7 Å². The maximum absolute atomic E-state index is 13.5. The summed E-state index contributed by atoms with van der Waals surface area (Å²) < 4.78 is 31.4.